The number of rotatable bonds is 6. The molecule has 0 aliphatic rings. The molecule has 5 N–H and O–H groups in total. The van der Waals surface area contributed by atoms with Crippen LogP contribution >= 0.6 is 0 Å². The fourth-order valence-corrected chi connectivity index (χ4v) is 1.69. The highest BCUT2D eigenvalue weighted by Gasteiger charge is 1.99. The van der Waals surface area contributed by atoms with Gasteiger partial charge in [-0.05, 0) is 56.1 Å². The molecule has 0 spiro atoms. The summed E-state index contributed by atoms with van der Waals surface area (Å²) in [7, 11) is 0. The van der Waals surface area contributed by atoms with Gasteiger partial charge in [0.2, 0.25) is 0 Å². The number of hydrogen-bond acceptors (Lipinski definition) is 3. The average molecular weight is 207 g/mol. The summed E-state index contributed by atoms with van der Waals surface area (Å²) in [4.78, 5) is 0. The molecule has 0 saturated carbocycles. The molecule has 0 bridgehead atoms. The lowest BCUT2D eigenvalue weighted by Gasteiger charge is -2.09. The summed E-state index contributed by atoms with van der Waals surface area (Å²) in [6.45, 7) is 4.42. The molecule has 3 heteroatoms. The van der Waals surface area contributed by atoms with Crippen LogP contribution in [-0.2, 0) is 12.8 Å². The number of hydrogen-bond donors (Lipinski definition) is 3. The molecule has 1 rings (SSSR count). The van der Waals surface area contributed by atoms with Gasteiger partial charge in [-0.25, -0.2) is 0 Å². The maximum Gasteiger partial charge on any atom is 0.0345 e. The van der Waals surface area contributed by atoms with Gasteiger partial charge in [-0.1, -0.05) is 6.07 Å². The molecular weight excluding hydrogens is 186 g/mol. The average Bonchev–Trinajstić information content (AvgIpc) is 2.19. The number of benzene rings is 1. The van der Waals surface area contributed by atoms with Crippen LogP contribution in [0.1, 0.15) is 18.1 Å². The molecule has 0 aliphatic heterocycles. The van der Waals surface area contributed by atoms with Crippen molar-refractivity contribution in [2.45, 2.75) is 19.8 Å². The third-order valence-corrected chi connectivity index (χ3v) is 2.30. The van der Waals surface area contributed by atoms with Gasteiger partial charge in [0.15, 0.2) is 0 Å². The second kappa shape index (κ2) is 6.43. The van der Waals surface area contributed by atoms with Gasteiger partial charge in [0, 0.05) is 12.2 Å². The van der Waals surface area contributed by atoms with E-state index in [0.717, 1.165) is 19.4 Å². The van der Waals surface area contributed by atoms with E-state index in [-0.39, 0.29) is 0 Å². The minimum atomic E-state index is 0.692. The van der Waals surface area contributed by atoms with Crippen molar-refractivity contribution in [1.82, 2.24) is 0 Å². The van der Waals surface area contributed by atoms with Crippen LogP contribution in [0.5, 0.6) is 0 Å². The van der Waals surface area contributed by atoms with Gasteiger partial charge in [-0.2, -0.15) is 0 Å². The molecule has 0 fully saturated rings. The Morgan fingerprint density at radius 3 is 1.93 bits per heavy atom. The summed E-state index contributed by atoms with van der Waals surface area (Å²) >= 11 is 0. The Morgan fingerprint density at radius 2 is 1.53 bits per heavy atom. The van der Waals surface area contributed by atoms with Crippen LogP contribution in [-0.4, -0.2) is 19.6 Å². The van der Waals surface area contributed by atoms with Gasteiger partial charge in [0.05, 0.1) is 0 Å². The Morgan fingerprint density at radius 1 is 1.00 bits per heavy atom. The van der Waals surface area contributed by atoms with Crippen LogP contribution in [0.4, 0.5) is 5.69 Å². The van der Waals surface area contributed by atoms with Crippen molar-refractivity contribution in [3.8, 4) is 0 Å². The summed E-state index contributed by atoms with van der Waals surface area (Å²) in [6, 6.07) is 6.52. The van der Waals surface area contributed by atoms with E-state index >= 15 is 0 Å². The largest absolute Gasteiger partial charge is 0.385 e. The third kappa shape index (κ3) is 3.90. The van der Waals surface area contributed by atoms with E-state index in [1.54, 1.807) is 0 Å². The number of nitrogens with one attached hydrogen (secondary N) is 1. The first-order valence-electron chi connectivity index (χ1n) is 5.57. The first-order chi connectivity index (χ1) is 7.30. The summed E-state index contributed by atoms with van der Waals surface area (Å²) in [6.07, 6.45) is 1.85. The smallest absolute Gasteiger partial charge is 0.0345 e. The molecule has 0 aliphatic carbocycles. The maximum atomic E-state index is 5.56. The SMILES string of the molecule is CCNc1cc(CCN)cc(CCN)c1. The van der Waals surface area contributed by atoms with E-state index in [1.165, 1.54) is 16.8 Å². The summed E-state index contributed by atoms with van der Waals surface area (Å²) < 4.78 is 0. The van der Waals surface area contributed by atoms with Crippen LogP contribution in [0.3, 0.4) is 0 Å². The summed E-state index contributed by atoms with van der Waals surface area (Å²) in [5, 5.41) is 3.32. The minimum absolute atomic E-state index is 0.692. The van der Waals surface area contributed by atoms with E-state index in [2.05, 4.69) is 30.4 Å². The van der Waals surface area contributed by atoms with Gasteiger partial charge in [0.25, 0.3) is 0 Å². The molecule has 1 aromatic rings. The Kier molecular flexibility index (Phi) is 5.15. The van der Waals surface area contributed by atoms with Gasteiger partial charge < -0.3 is 16.8 Å². The summed E-state index contributed by atoms with van der Waals surface area (Å²) in [5.74, 6) is 0. The van der Waals surface area contributed by atoms with Gasteiger partial charge in [-0.3, -0.25) is 0 Å². The molecule has 0 saturated heterocycles. The highest BCUT2D eigenvalue weighted by molar-refractivity contribution is 5.49. The first kappa shape index (κ1) is 12.0. The van der Waals surface area contributed by atoms with Gasteiger partial charge in [-0.15, -0.1) is 0 Å². The molecule has 0 amide bonds. The molecule has 0 aromatic heterocycles. The van der Waals surface area contributed by atoms with E-state index < -0.39 is 0 Å². The van der Waals surface area contributed by atoms with E-state index in [0.29, 0.717) is 13.1 Å². The second-order valence-corrected chi connectivity index (χ2v) is 3.65. The lowest BCUT2D eigenvalue weighted by atomic mass is 10.0. The fraction of sp³-hybridized carbons (Fsp3) is 0.500. The van der Waals surface area contributed by atoms with Crippen LogP contribution in [0.25, 0.3) is 0 Å². The molecule has 0 radical (unpaired) electrons. The van der Waals surface area contributed by atoms with Gasteiger partial charge in [0.1, 0.15) is 0 Å². The van der Waals surface area contributed by atoms with Crippen molar-refractivity contribution in [3.63, 3.8) is 0 Å². The fourth-order valence-electron chi connectivity index (χ4n) is 1.69. The van der Waals surface area contributed by atoms with Crippen LogP contribution in [0.15, 0.2) is 18.2 Å². The lowest BCUT2D eigenvalue weighted by Crippen LogP contribution is -2.07. The van der Waals surface area contributed by atoms with Crippen LogP contribution < -0.4 is 16.8 Å². The zero-order chi connectivity index (χ0) is 11.1. The molecule has 3 nitrogen and oxygen atoms in total. The monoisotopic (exact) mass is 207 g/mol. The van der Waals surface area contributed by atoms with Crippen LogP contribution in [0.2, 0.25) is 0 Å². The zero-order valence-electron chi connectivity index (χ0n) is 9.42. The normalized spacial score (nSPS) is 10.3. The van der Waals surface area contributed by atoms with Crippen molar-refractivity contribution in [1.29, 1.82) is 0 Å². The molecular formula is C12H21N3. The molecule has 0 unspecified atom stereocenters. The Bertz CT molecular complexity index is 237. The van der Waals surface area contributed by atoms with Crippen LogP contribution in [0, 0.1) is 0 Å². The third-order valence-electron chi connectivity index (χ3n) is 2.30. The van der Waals surface area contributed by atoms with E-state index in [9.17, 15) is 0 Å². The van der Waals surface area contributed by atoms with E-state index in [1.807, 2.05) is 0 Å². The Labute approximate surface area is 91.9 Å². The van der Waals surface area contributed by atoms with Crippen molar-refractivity contribution in [2.75, 3.05) is 25.0 Å². The Balaban J connectivity index is 2.86. The minimum Gasteiger partial charge on any atom is -0.385 e. The predicted molar refractivity (Wildman–Crippen MR) is 66.1 cm³/mol. The van der Waals surface area contributed by atoms with Gasteiger partial charge >= 0.3 is 0 Å². The molecule has 1 aromatic carbocycles. The lowest BCUT2D eigenvalue weighted by molar-refractivity contribution is 0.940. The molecule has 15 heavy (non-hydrogen) atoms. The van der Waals surface area contributed by atoms with Crippen molar-refractivity contribution >= 4 is 5.69 Å². The highest BCUT2D eigenvalue weighted by Crippen LogP contribution is 2.15. The topological polar surface area (TPSA) is 64.1 Å². The first-order valence-corrected chi connectivity index (χ1v) is 5.57. The Hall–Kier alpha value is -1.06. The van der Waals surface area contributed by atoms with E-state index in [4.69, 9.17) is 11.5 Å². The highest BCUT2D eigenvalue weighted by atomic mass is 14.8. The molecule has 0 heterocycles. The number of anilines is 1. The van der Waals surface area contributed by atoms with Crippen molar-refractivity contribution in [3.05, 3.63) is 29.3 Å². The molecule has 0 atom stereocenters. The van der Waals surface area contributed by atoms with Crippen molar-refractivity contribution < 1.29 is 0 Å². The second-order valence-electron chi connectivity index (χ2n) is 3.65. The standard InChI is InChI=1S/C12H21N3/c1-2-15-12-8-10(3-5-13)7-11(9-12)4-6-14/h7-9,15H,2-6,13-14H2,1H3. The number of nitrogens with two attached hydrogens (primary N) is 2. The molecule has 84 valence electrons. The maximum absolute atomic E-state index is 5.56. The van der Waals surface area contributed by atoms with Crippen molar-refractivity contribution in [2.24, 2.45) is 11.5 Å². The zero-order valence-corrected chi connectivity index (χ0v) is 9.42. The summed E-state index contributed by atoms with van der Waals surface area (Å²) in [5.41, 5.74) is 14.9. The predicted octanol–water partition coefficient (Wildman–Crippen LogP) is 1.12. The quantitative estimate of drug-likeness (QED) is 0.655.